The summed E-state index contributed by atoms with van der Waals surface area (Å²) >= 11 is 0. The van der Waals surface area contributed by atoms with Crippen LogP contribution in [0.25, 0.3) is 0 Å². The number of carboxylic acids is 1. The van der Waals surface area contributed by atoms with Gasteiger partial charge in [0.25, 0.3) is 5.91 Å². The molecule has 0 bridgehead atoms. The molecule has 0 aromatic carbocycles. The molecule has 8 nitrogen and oxygen atoms in total. The summed E-state index contributed by atoms with van der Waals surface area (Å²) in [4.78, 5) is 23.1. The van der Waals surface area contributed by atoms with E-state index in [-0.39, 0.29) is 17.6 Å². The maximum atomic E-state index is 12.2. The minimum atomic E-state index is -1.00. The van der Waals surface area contributed by atoms with E-state index in [0.717, 1.165) is 5.69 Å². The smallest absolute Gasteiger partial charge is 0.328 e. The van der Waals surface area contributed by atoms with Crippen LogP contribution in [0.5, 0.6) is 0 Å². The highest BCUT2D eigenvalue weighted by Crippen LogP contribution is 2.13. The van der Waals surface area contributed by atoms with E-state index in [1.54, 1.807) is 10.9 Å². The SMILES string of the molecule is CCn1nccc1C(C)NC(=O)c1ccn(C(C)C(=O)O)n1. The van der Waals surface area contributed by atoms with Crippen molar-refractivity contribution in [2.75, 3.05) is 0 Å². The number of nitrogens with one attached hydrogen (secondary N) is 1. The Kier molecular flexibility index (Phi) is 4.59. The van der Waals surface area contributed by atoms with Crippen LogP contribution in [-0.2, 0) is 11.3 Å². The number of nitrogens with zero attached hydrogens (tertiary/aromatic N) is 4. The van der Waals surface area contributed by atoms with Crippen molar-refractivity contribution in [1.29, 1.82) is 0 Å². The van der Waals surface area contributed by atoms with Crippen molar-refractivity contribution in [3.63, 3.8) is 0 Å². The van der Waals surface area contributed by atoms with Gasteiger partial charge in [-0.2, -0.15) is 10.2 Å². The van der Waals surface area contributed by atoms with Gasteiger partial charge in [0.05, 0.1) is 11.7 Å². The molecule has 2 aromatic heterocycles. The van der Waals surface area contributed by atoms with E-state index in [2.05, 4.69) is 15.5 Å². The van der Waals surface area contributed by atoms with Crippen molar-refractivity contribution in [1.82, 2.24) is 24.9 Å². The van der Waals surface area contributed by atoms with Crippen LogP contribution in [0.2, 0.25) is 0 Å². The van der Waals surface area contributed by atoms with Gasteiger partial charge in [-0.1, -0.05) is 0 Å². The zero-order chi connectivity index (χ0) is 16.3. The van der Waals surface area contributed by atoms with Gasteiger partial charge in [0.2, 0.25) is 0 Å². The highest BCUT2D eigenvalue weighted by molar-refractivity contribution is 5.92. The van der Waals surface area contributed by atoms with E-state index in [4.69, 9.17) is 5.11 Å². The van der Waals surface area contributed by atoms with Crippen molar-refractivity contribution < 1.29 is 14.7 Å². The number of hydrogen-bond acceptors (Lipinski definition) is 4. The Bertz CT molecular complexity index is 676. The van der Waals surface area contributed by atoms with Gasteiger partial charge in [-0.25, -0.2) is 4.79 Å². The van der Waals surface area contributed by atoms with Crippen LogP contribution in [-0.4, -0.2) is 36.5 Å². The lowest BCUT2D eigenvalue weighted by Crippen LogP contribution is -2.29. The predicted molar refractivity (Wildman–Crippen MR) is 78.4 cm³/mol. The Morgan fingerprint density at radius 2 is 2.09 bits per heavy atom. The Hall–Kier alpha value is -2.64. The molecule has 0 aliphatic heterocycles. The molecule has 2 N–H and O–H groups in total. The fourth-order valence-electron chi connectivity index (χ4n) is 2.11. The summed E-state index contributed by atoms with van der Waals surface area (Å²) in [6.07, 6.45) is 3.17. The van der Waals surface area contributed by atoms with E-state index in [1.165, 1.54) is 23.9 Å². The number of carbonyl (C=O) groups excluding carboxylic acids is 1. The van der Waals surface area contributed by atoms with Crippen LogP contribution in [0.4, 0.5) is 0 Å². The molecule has 2 rings (SSSR count). The maximum absolute atomic E-state index is 12.2. The molecule has 0 radical (unpaired) electrons. The van der Waals surface area contributed by atoms with Crippen LogP contribution in [0, 0.1) is 0 Å². The third kappa shape index (κ3) is 3.16. The number of carbonyl (C=O) groups is 2. The molecule has 0 aliphatic carbocycles. The predicted octanol–water partition coefficient (Wildman–Crippen LogP) is 1.24. The molecule has 2 atom stereocenters. The van der Waals surface area contributed by atoms with Crippen molar-refractivity contribution in [3.05, 3.63) is 35.9 Å². The summed E-state index contributed by atoms with van der Waals surface area (Å²) in [5, 5.41) is 19.9. The zero-order valence-electron chi connectivity index (χ0n) is 12.7. The zero-order valence-corrected chi connectivity index (χ0v) is 12.7. The van der Waals surface area contributed by atoms with Gasteiger partial charge in [0.15, 0.2) is 0 Å². The summed E-state index contributed by atoms with van der Waals surface area (Å²) in [7, 11) is 0. The topological polar surface area (TPSA) is 102 Å². The van der Waals surface area contributed by atoms with Crippen molar-refractivity contribution in [3.8, 4) is 0 Å². The first-order valence-corrected chi connectivity index (χ1v) is 7.04. The molecular weight excluding hydrogens is 286 g/mol. The van der Waals surface area contributed by atoms with Gasteiger partial charge in [0.1, 0.15) is 11.7 Å². The van der Waals surface area contributed by atoms with E-state index in [0.29, 0.717) is 6.54 Å². The van der Waals surface area contributed by atoms with Crippen LogP contribution < -0.4 is 5.32 Å². The number of aromatic nitrogens is 4. The minimum absolute atomic E-state index is 0.183. The molecule has 0 saturated carbocycles. The van der Waals surface area contributed by atoms with E-state index in [9.17, 15) is 9.59 Å². The summed E-state index contributed by atoms with van der Waals surface area (Å²) in [5.41, 5.74) is 1.08. The summed E-state index contributed by atoms with van der Waals surface area (Å²) in [6.45, 7) is 6.05. The Labute approximate surface area is 127 Å². The molecule has 2 heterocycles. The Morgan fingerprint density at radius 1 is 1.36 bits per heavy atom. The summed E-state index contributed by atoms with van der Waals surface area (Å²) in [5.74, 6) is -1.36. The van der Waals surface area contributed by atoms with Crippen molar-refractivity contribution in [2.24, 2.45) is 0 Å². The second-order valence-electron chi connectivity index (χ2n) is 4.96. The lowest BCUT2D eigenvalue weighted by atomic mass is 10.2. The van der Waals surface area contributed by atoms with Crippen LogP contribution in [0.1, 0.15) is 49.0 Å². The monoisotopic (exact) mass is 305 g/mol. The molecule has 8 heteroatoms. The van der Waals surface area contributed by atoms with Gasteiger partial charge < -0.3 is 10.4 Å². The molecule has 2 unspecified atom stereocenters. The number of hydrogen-bond donors (Lipinski definition) is 2. The molecule has 118 valence electrons. The number of rotatable bonds is 6. The molecule has 2 aromatic rings. The average Bonchev–Trinajstić information content (AvgIpc) is 3.14. The van der Waals surface area contributed by atoms with Crippen LogP contribution in [0.15, 0.2) is 24.5 Å². The van der Waals surface area contributed by atoms with Gasteiger partial charge in [-0.05, 0) is 32.9 Å². The van der Waals surface area contributed by atoms with Gasteiger partial charge in [-0.15, -0.1) is 0 Å². The van der Waals surface area contributed by atoms with E-state index < -0.39 is 12.0 Å². The van der Waals surface area contributed by atoms with Crippen LogP contribution in [0.3, 0.4) is 0 Å². The number of carboxylic acid groups (broad SMARTS) is 1. The second kappa shape index (κ2) is 6.42. The molecule has 0 fully saturated rings. The van der Waals surface area contributed by atoms with E-state index >= 15 is 0 Å². The first kappa shape index (κ1) is 15.7. The first-order valence-electron chi connectivity index (χ1n) is 7.04. The number of aliphatic carboxylic acids is 1. The highest BCUT2D eigenvalue weighted by Gasteiger charge is 2.19. The average molecular weight is 305 g/mol. The molecule has 0 saturated heterocycles. The molecule has 0 aliphatic rings. The maximum Gasteiger partial charge on any atom is 0.328 e. The third-order valence-corrected chi connectivity index (χ3v) is 3.44. The normalized spacial score (nSPS) is 13.6. The largest absolute Gasteiger partial charge is 0.480 e. The minimum Gasteiger partial charge on any atom is -0.480 e. The van der Waals surface area contributed by atoms with Crippen molar-refractivity contribution in [2.45, 2.75) is 39.4 Å². The van der Waals surface area contributed by atoms with E-state index in [1.807, 2.05) is 19.9 Å². The fraction of sp³-hybridized carbons (Fsp3) is 0.429. The molecule has 1 amide bonds. The Balaban J connectivity index is 2.08. The molecule has 0 spiro atoms. The summed E-state index contributed by atoms with van der Waals surface area (Å²) < 4.78 is 3.05. The standard InChI is InChI=1S/C14H19N5O3/c1-4-18-12(5-7-15-18)9(2)16-13(20)11-6-8-19(17-11)10(3)14(21)22/h5-10H,4H2,1-3H3,(H,16,20)(H,21,22). The first-order chi connectivity index (χ1) is 10.4. The van der Waals surface area contributed by atoms with Gasteiger partial charge in [0, 0.05) is 18.9 Å². The Morgan fingerprint density at radius 3 is 2.73 bits per heavy atom. The quantitative estimate of drug-likeness (QED) is 0.836. The molecule has 22 heavy (non-hydrogen) atoms. The van der Waals surface area contributed by atoms with Gasteiger partial charge in [-0.3, -0.25) is 14.2 Å². The third-order valence-electron chi connectivity index (χ3n) is 3.44. The van der Waals surface area contributed by atoms with Gasteiger partial charge >= 0.3 is 5.97 Å². The second-order valence-corrected chi connectivity index (χ2v) is 4.96. The lowest BCUT2D eigenvalue weighted by molar-refractivity contribution is -0.140. The lowest BCUT2D eigenvalue weighted by Gasteiger charge is -2.14. The molecular formula is C14H19N5O3. The number of amides is 1. The van der Waals surface area contributed by atoms with Crippen LogP contribution >= 0.6 is 0 Å². The highest BCUT2D eigenvalue weighted by atomic mass is 16.4. The summed E-state index contributed by atoms with van der Waals surface area (Å²) in [6, 6.07) is 2.30. The number of aryl methyl sites for hydroxylation is 1. The van der Waals surface area contributed by atoms with Crippen molar-refractivity contribution >= 4 is 11.9 Å². The fourth-order valence-corrected chi connectivity index (χ4v) is 2.11.